The summed E-state index contributed by atoms with van der Waals surface area (Å²) in [6, 6.07) is 19.8. The Balaban J connectivity index is 1.66. The van der Waals surface area contributed by atoms with Crippen LogP contribution in [0, 0.1) is 6.92 Å². The first-order chi connectivity index (χ1) is 12.2. The Bertz CT molecular complexity index is 1010. The Morgan fingerprint density at radius 1 is 1.00 bits per heavy atom. The number of aryl methyl sites for hydroxylation is 1. The molecule has 0 saturated heterocycles. The van der Waals surface area contributed by atoms with Crippen LogP contribution in [0.4, 0.5) is 0 Å². The molecule has 0 radical (unpaired) electrons. The van der Waals surface area contributed by atoms with E-state index in [0.717, 1.165) is 27.8 Å². The van der Waals surface area contributed by atoms with Gasteiger partial charge in [-0.15, -0.1) is 5.10 Å². The number of para-hydroxylation sites is 1. The van der Waals surface area contributed by atoms with Gasteiger partial charge in [0.15, 0.2) is 0 Å². The molecule has 0 bridgehead atoms. The lowest BCUT2D eigenvalue weighted by atomic mass is 10.1. The molecule has 4 aromatic rings. The highest BCUT2D eigenvalue weighted by Crippen LogP contribution is 2.22. The van der Waals surface area contributed by atoms with Gasteiger partial charge in [0.1, 0.15) is 11.8 Å². The molecule has 1 unspecified atom stereocenters. The molecular formula is C20H18N4O. The lowest BCUT2D eigenvalue weighted by molar-refractivity contribution is 0.173. The molecule has 0 amide bonds. The van der Waals surface area contributed by atoms with Gasteiger partial charge in [0.05, 0.1) is 17.4 Å². The number of hydrogen-bond donors (Lipinski definition) is 1. The average molecular weight is 330 g/mol. The molecule has 0 fully saturated rings. The van der Waals surface area contributed by atoms with E-state index >= 15 is 0 Å². The monoisotopic (exact) mass is 330 g/mol. The van der Waals surface area contributed by atoms with E-state index in [1.165, 1.54) is 0 Å². The zero-order valence-electron chi connectivity index (χ0n) is 13.9. The van der Waals surface area contributed by atoms with Gasteiger partial charge in [-0.05, 0) is 24.6 Å². The van der Waals surface area contributed by atoms with Crippen LogP contribution in [0.2, 0.25) is 0 Å². The van der Waals surface area contributed by atoms with Gasteiger partial charge >= 0.3 is 0 Å². The fourth-order valence-corrected chi connectivity index (χ4v) is 2.90. The lowest BCUT2D eigenvalue weighted by Crippen LogP contribution is -2.02. The van der Waals surface area contributed by atoms with Crippen LogP contribution < -0.4 is 0 Å². The van der Waals surface area contributed by atoms with Crippen molar-refractivity contribution in [1.29, 1.82) is 0 Å². The molecule has 1 atom stereocenters. The highest BCUT2D eigenvalue weighted by Gasteiger charge is 2.15. The summed E-state index contributed by atoms with van der Waals surface area (Å²) in [7, 11) is 0. The number of hydrogen-bond acceptors (Lipinski definition) is 4. The van der Waals surface area contributed by atoms with Crippen LogP contribution in [0.25, 0.3) is 16.6 Å². The van der Waals surface area contributed by atoms with Crippen molar-refractivity contribution < 1.29 is 5.11 Å². The molecule has 2 heterocycles. The molecule has 2 aromatic carbocycles. The Labute approximate surface area is 145 Å². The van der Waals surface area contributed by atoms with Gasteiger partial charge in [0.25, 0.3) is 0 Å². The van der Waals surface area contributed by atoms with Crippen molar-refractivity contribution in [1.82, 2.24) is 20.0 Å². The fraction of sp³-hybridized carbons (Fsp3) is 0.150. The van der Waals surface area contributed by atoms with E-state index in [9.17, 15) is 5.11 Å². The molecule has 5 heteroatoms. The van der Waals surface area contributed by atoms with Crippen LogP contribution in [0.15, 0.2) is 66.9 Å². The third-order valence-electron chi connectivity index (χ3n) is 4.21. The molecule has 0 saturated carbocycles. The Morgan fingerprint density at radius 2 is 1.84 bits per heavy atom. The number of aromatic nitrogens is 4. The van der Waals surface area contributed by atoms with Crippen molar-refractivity contribution in [2.45, 2.75) is 19.4 Å². The van der Waals surface area contributed by atoms with Gasteiger partial charge in [0, 0.05) is 17.5 Å². The summed E-state index contributed by atoms with van der Waals surface area (Å²) in [6.07, 6.45) is 1.58. The molecule has 124 valence electrons. The number of rotatable bonds is 4. The second kappa shape index (κ2) is 6.45. The number of benzene rings is 2. The van der Waals surface area contributed by atoms with Gasteiger partial charge in [-0.2, -0.15) is 0 Å². The normalized spacial score (nSPS) is 12.4. The molecule has 4 rings (SSSR count). The zero-order valence-corrected chi connectivity index (χ0v) is 13.9. The van der Waals surface area contributed by atoms with Crippen LogP contribution in [-0.2, 0) is 6.42 Å². The topological polar surface area (TPSA) is 63.8 Å². The van der Waals surface area contributed by atoms with E-state index in [0.29, 0.717) is 12.1 Å². The van der Waals surface area contributed by atoms with Crippen LogP contribution >= 0.6 is 0 Å². The first kappa shape index (κ1) is 15.5. The summed E-state index contributed by atoms with van der Waals surface area (Å²) in [5.74, 6) is 0. The van der Waals surface area contributed by atoms with Gasteiger partial charge in [-0.25, -0.2) is 4.68 Å². The highest BCUT2D eigenvalue weighted by molar-refractivity contribution is 5.86. The van der Waals surface area contributed by atoms with Crippen molar-refractivity contribution in [3.63, 3.8) is 0 Å². The summed E-state index contributed by atoms with van der Waals surface area (Å²) < 4.78 is 1.68. The Kier molecular flexibility index (Phi) is 3.99. The maximum atomic E-state index is 10.5. The molecule has 0 aliphatic rings. The van der Waals surface area contributed by atoms with Crippen LogP contribution in [-0.4, -0.2) is 25.1 Å². The minimum Gasteiger partial charge on any atom is -0.386 e. The summed E-state index contributed by atoms with van der Waals surface area (Å²) >= 11 is 0. The Morgan fingerprint density at radius 3 is 2.68 bits per heavy atom. The van der Waals surface area contributed by atoms with Crippen molar-refractivity contribution in [2.75, 3.05) is 0 Å². The van der Waals surface area contributed by atoms with Crippen molar-refractivity contribution >= 4 is 10.9 Å². The minimum absolute atomic E-state index is 0.506. The van der Waals surface area contributed by atoms with E-state index in [-0.39, 0.29) is 0 Å². The predicted molar refractivity (Wildman–Crippen MR) is 96.5 cm³/mol. The first-order valence-electron chi connectivity index (χ1n) is 8.22. The summed E-state index contributed by atoms with van der Waals surface area (Å²) in [4.78, 5) is 4.62. The van der Waals surface area contributed by atoms with Crippen LogP contribution in [0.5, 0.6) is 0 Å². The van der Waals surface area contributed by atoms with E-state index < -0.39 is 6.10 Å². The highest BCUT2D eigenvalue weighted by atomic mass is 16.3. The average Bonchev–Trinajstić information content (AvgIpc) is 3.12. The van der Waals surface area contributed by atoms with Gasteiger partial charge < -0.3 is 5.11 Å². The molecular weight excluding hydrogens is 312 g/mol. The third kappa shape index (κ3) is 3.14. The molecule has 0 aliphatic carbocycles. The largest absolute Gasteiger partial charge is 0.386 e. The second-order valence-electron chi connectivity index (χ2n) is 6.09. The molecule has 25 heavy (non-hydrogen) atoms. The molecule has 2 aromatic heterocycles. The SMILES string of the molecule is Cc1ccc2cccc(-n3cc(C(O)Cc4ccccc4)nn3)c2n1. The summed E-state index contributed by atoms with van der Waals surface area (Å²) in [6.45, 7) is 1.96. The predicted octanol–water partition coefficient (Wildman–Crippen LogP) is 3.40. The van der Waals surface area contributed by atoms with E-state index in [1.54, 1.807) is 10.9 Å². The molecule has 5 nitrogen and oxygen atoms in total. The van der Waals surface area contributed by atoms with Gasteiger partial charge in [0.2, 0.25) is 0 Å². The van der Waals surface area contributed by atoms with Crippen LogP contribution in [0.3, 0.4) is 0 Å². The molecule has 1 N–H and O–H groups in total. The second-order valence-corrected chi connectivity index (χ2v) is 6.09. The standard InChI is InChI=1S/C20H18N4O/c1-14-10-11-16-8-5-9-18(20(16)21-14)24-13-17(22-23-24)19(25)12-15-6-3-2-4-7-15/h2-11,13,19,25H,12H2,1H3. The van der Waals surface area contributed by atoms with Crippen molar-refractivity contribution in [2.24, 2.45) is 0 Å². The van der Waals surface area contributed by atoms with Crippen LogP contribution in [0.1, 0.15) is 23.1 Å². The Hall–Kier alpha value is -3.05. The van der Waals surface area contributed by atoms with Gasteiger partial charge in [-0.3, -0.25) is 4.98 Å². The number of aliphatic hydroxyl groups excluding tert-OH is 1. The minimum atomic E-state index is -0.694. The number of pyridine rings is 1. The maximum absolute atomic E-state index is 10.5. The zero-order chi connectivity index (χ0) is 17.2. The summed E-state index contributed by atoms with van der Waals surface area (Å²) in [5.41, 5.74) is 4.29. The summed E-state index contributed by atoms with van der Waals surface area (Å²) in [5, 5.41) is 19.9. The van der Waals surface area contributed by atoms with Crippen molar-refractivity contribution in [3.8, 4) is 5.69 Å². The number of nitrogens with zero attached hydrogens (tertiary/aromatic N) is 4. The lowest BCUT2D eigenvalue weighted by Gasteiger charge is -2.07. The molecule has 0 aliphatic heterocycles. The maximum Gasteiger partial charge on any atom is 0.112 e. The fourth-order valence-electron chi connectivity index (χ4n) is 2.90. The van der Waals surface area contributed by atoms with Gasteiger partial charge in [-0.1, -0.05) is 53.7 Å². The van der Waals surface area contributed by atoms with Crippen molar-refractivity contribution in [3.05, 3.63) is 83.8 Å². The van der Waals surface area contributed by atoms with E-state index in [1.807, 2.05) is 67.6 Å². The first-order valence-corrected chi connectivity index (χ1v) is 8.22. The quantitative estimate of drug-likeness (QED) is 0.623. The number of aliphatic hydroxyl groups is 1. The third-order valence-corrected chi connectivity index (χ3v) is 4.21. The smallest absolute Gasteiger partial charge is 0.112 e. The number of fused-ring (bicyclic) bond motifs is 1. The van der Waals surface area contributed by atoms with E-state index in [2.05, 4.69) is 15.3 Å². The molecule has 0 spiro atoms. The van der Waals surface area contributed by atoms with E-state index in [4.69, 9.17) is 0 Å².